The molecule has 2 heteroatoms. The SMILES string of the molecule is C=C(CC=O)CC1CCCCN1CC. The van der Waals surface area contributed by atoms with Crippen molar-refractivity contribution in [2.75, 3.05) is 13.1 Å². The van der Waals surface area contributed by atoms with Gasteiger partial charge in [-0.05, 0) is 32.4 Å². The lowest BCUT2D eigenvalue weighted by Crippen LogP contribution is -2.39. The Labute approximate surface area is 87.0 Å². The second kappa shape index (κ2) is 5.97. The van der Waals surface area contributed by atoms with Gasteiger partial charge in [0.05, 0.1) is 0 Å². The second-order valence-corrected chi connectivity index (χ2v) is 4.10. The van der Waals surface area contributed by atoms with E-state index in [0.717, 1.165) is 24.8 Å². The molecule has 0 spiro atoms. The van der Waals surface area contributed by atoms with Crippen molar-refractivity contribution in [1.82, 2.24) is 4.90 Å². The molecule has 14 heavy (non-hydrogen) atoms. The fourth-order valence-electron chi connectivity index (χ4n) is 2.24. The summed E-state index contributed by atoms with van der Waals surface area (Å²) in [4.78, 5) is 12.8. The Morgan fingerprint density at radius 1 is 1.57 bits per heavy atom. The van der Waals surface area contributed by atoms with Gasteiger partial charge in [0.15, 0.2) is 0 Å². The quantitative estimate of drug-likeness (QED) is 0.496. The molecule has 0 saturated carbocycles. The summed E-state index contributed by atoms with van der Waals surface area (Å²) in [7, 11) is 0. The van der Waals surface area contributed by atoms with Crippen molar-refractivity contribution in [3.63, 3.8) is 0 Å². The van der Waals surface area contributed by atoms with Crippen LogP contribution < -0.4 is 0 Å². The molecule has 0 aromatic heterocycles. The molecule has 1 fully saturated rings. The third kappa shape index (κ3) is 3.26. The highest BCUT2D eigenvalue weighted by Crippen LogP contribution is 2.22. The summed E-state index contributed by atoms with van der Waals surface area (Å²) >= 11 is 0. The molecule has 80 valence electrons. The maximum Gasteiger partial charge on any atom is 0.124 e. The van der Waals surface area contributed by atoms with Crippen molar-refractivity contribution in [1.29, 1.82) is 0 Å². The van der Waals surface area contributed by atoms with E-state index in [1.807, 2.05) is 0 Å². The van der Waals surface area contributed by atoms with Crippen LogP contribution >= 0.6 is 0 Å². The molecule has 1 aliphatic rings. The number of rotatable bonds is 5. The lowest BCUT2D eigenvalue weighted by molar-refractivity contribution is -0.107. The third-order valence-electron chi connectivity index (χ3n) is 3.05. The zero-order valence-electron chi connectivity index (χ0n) is 9.17. The molecule has 0 aromatic carbocycles. The molecule has 0 aromatic rings. The van der Waals surface area contributed by atoms with Gasteiger partial charge < -0.3 is 9.69 Å². The Kier molecular flexibility index (Phi) is 4.88. The molecule has 1 atom stereocenters. The van der Waals surface area contributed by atoms with Crippen molar-refractivity contribution in [3.8, 4) is 0 Å². The molecule has 1 aliphatic heterocycles. The van der Waals surface area contributed by atoms with E-state index in [0.29, 0.717) is 12.5 Å². The lowest BCUT2D eigenvalue weighted by Gasteiger charge is -2.35. The Morgan fingerprint density at radius 2 is 2.36 bits per heavy atom. The van der Waals surface area contributed by atoms with E-state index in [1.165, 1.54) is 25.8 Å². The van der Waals surface area contributed by atoms with Gasteiger partial charge in [0.25, 0.3) is 0 Å². The van der Waals surface area contributed by atoms with Crippen LogP contribution in [0.15, 0.2) is 12.2 Å². The van der Waals surface area contributed by atoms with Gasteiger partial charge in [-0.2, -0.15) is 0 Å². The molecule has 0 radical (unpaired) electrons. The number of carbonyl (C=O) groups excluding carboxylic acids is 1. The van der Waals surface area contributed by atoms with Crippen molar-refractivity contribution in [2.45, 2.75) is 45.1 Å². The number of hydrogen-bond donors (Lipinski definition) is 0. The number of nitrogens with zero attached hydrogens (tertiary/aromatic N) is 1. The topological polar surface area (TPSA) is 20.3 Å². The highest BCUT2D eigenvalue weighted by molar-refractivity contribution is 5.53. The van der Waals surface area contributed by atoms with Gasteiger partial charge >= 0.3 is 0 Å². The van der Waals surface area contributed by atoms with E-state index in [2.05, 4.69) is 18.4 Å². The van der Waals surface area contributed by atoms with Crippen LogP contribution in [-0.4, -0.2) is 30.3 Å². The predicted octanol–water partition coefficient (Wildman–Crippen LogP) is 2.40. The minimum atomic E-state index is 0.536. The zero-order chi connectivity index (χ0) is 10.4. The minimum absolute atomic E-state index is 0.536. The maximum atomic E-state index is 10.3. The van der Waals surface area contributed by atoms with Gasteiger partial charge in [-0.3, -0.25) is 0 Å². The first-order valence-corrected chi connectivity index (χ1v) is 5.62. The van der Waals surface area contributed by atoms with Crippen LogP contribution in [0.2, 0.25) is 0 Å². The molecule has 1 heterocycles. The molecule has 2 nitrogen and oxygen atoms in total. The first-order chi connectivity index (χ1) is 6.77. The largest absolute Gasteiger partial charge is 0.303 e. The van der Waals surface area contributed by atoms with Gasteiger partial charge in [0.1, 0.15) is 6.29 Å². The Morgan fingerprint density at radius 3 is 3.00 bits per heavy atom. The number of likely N-dealkylation sites (tertiary alicyclic amines) is 1. The zero-order valence-corrected chi connectivity index (χ0v) is 9.17. The summed E-state index contributed by atoms with van der Waals surface area (Å²) < 4.78 is 0. The van der Waals surface area contributed by atoms with Gasteiger partial charge in [-0.15, -0.1) is 0 Å². The van der Waals surface area contributed by atoms with E-state index < -0.39 is 0 Å². The van der Waals surface area contributed by atoms with Crippen LogP contribution in [0.3, 0.4) is 0 Å². The van der Waals surface area contributed by atoms with Gasteiger partial charge in [-0.1, -0.05) is 25.5 Å². The smallest absolute Gasteiger partial charge is 0.124 e. The average molecular weight is 195 g/mol. The highest BCUT2D eigenvalue weighted by atomic mass is 16.1. The highest BCUT2D eigenvalue weighted by Gasteiger charge is 2.20. The molecule has 0 N–H and O–H groups in total. The molecular formula is C12H21NO. The standard InChI is InChI=1S/C12H21NO/c1-3-13-8-5-4-6-12(13)10-11(2)7-9-14/h9,12H,2-8,10H2,1H3. The molecule has 1 rings (SSSR count). The van der Waals surface area contributed by atoms with Gasteiger partial charge in [0.2, 0.25) is 0 Å². The van der Waals surface area contributed by atoms with Crippen LogP contribution in [0.25, 0.3) is 0 Å². The summed E-state index contributed by atoms with van der Waals surface area (Å²) in [6.45, 7) is 8.50. The summed E-state index contributed by atoms with van der Waals surface area (Å²) in [6.07, 6.45) is 6.42. The summed E-state index contributed by atoms with van der Waals surface area (Å²) in [5.74, 6) is 0. The summed E-state index contributed by atoms with van der Waals surface area (Å²) in [6, 6.07) is 0.640. The van der Waals surface area contributed by atoms with Crippen LogP contribution in [0.4, 0.5) is 0 Å². The fraction of sp³-hybridized carbons (Fsp3) is 0.750. The molecule has 0 bridgehead atoms. The van der Waals surface area contributed by atoms with Crippen molar-refractivity contribution >= 4 is 6.29 Å². The first-order valence-electron chi connectivity index (χ1n) is 5.62. The number of hydrogen-bond acceptors (Lipinski definition) is 2. The molecule has 0 aliphatic carbocycles. The summed E-state index contributed by atoms with van der Waals surface area (Å²) in [5.41, 5.74) is 1.09. The monoisotopic (exact) mass is 195 g/mol. The van der Waals surface area contributed by atoms with Crippen molar-refractivity contribution in [3.05, 3.63) is 12.2 Å². The van der Waals surface area contributed by atoms with Crippen LogP contribution in [0, 0.1) is 0 Å². The van der Waals surface area contributed by atoms with Crippen LogP contribution in [0.5, 0.6) is 0 Å². The van der Waals surface area contributed by atoms with Crippen LogP contribution in [0.1, 0.15) is 39.0 Å². The van der Waals surface area contributed by atoms with Crippen molar-refractivity contribution < 1.29 is 4.79 Å². The Bertz CT molecular complexity index is 200. The third-order valence-corrected chi connectivity index (χ3v) is 3.05. The van der Waals surface area contributed by atoms with E-state index in [4.69, 9.17) is 0 Å². The van der Waals surface area contributed by atoms with Crippen LogP contribution in [-0.2, 0) is 4.79 Å². The summed E-state index contributed by atoms with van der Waals surface area (Å²) in [5, 5.41) is 0. The van der Waals surface area contributed by atoms with Crippen molar-refractivity contribution in [2.24, 2.45) is 0 Å². The number of carbonyl (C=O) groups is 1. The molecular weight excluding hydrogens is 174 g/mol. The lowest BCUT2D eigenvalue weighted by atomic mass is 9.95. The van der Waals surface area contributed by atoms with E-state index >= 15 is 0 Å². The number of aldehydes is 1. The Hall–Kier alpha value is -0.630. The van der Waals surface area contributed by atoms with Gasteiger partial charge in [-0.25, -0.2) is 0 Å². The molecule has 1 saturated heterocycles. The number of piperidine rings is 1. The van der Waals surface area contributed by atoms with E-state index in [1.54, 1.807) is 0 Å². The Balaban J connectivity index is 2.39. The molecule has 1 unspecified atom stereocenters. The average Bonchev–Trinajstić information content (AvgIpc) is 2.19. The maximum absolute atomic E-state index is 10.3. The van der Waals surface area contributed by atoms with E-state index in [9.17, 15) is 4.79 Å². The first kappa shape index (κ1) is 11.4. The normalized spacial score (nSPS) is 23.4. The fourth-order valence-corrected chi connectivity index (χ4v) is 2.24. The van der Waals surface area contributed by atoms with E-state index in [-0.39, 0.29) is 0 Å². The van der Waals surface area contributed by atoms with Gasteiger partial charge in [0, 0.05) is 12.5 Å². The molecule has 0 amide bonds. The minimum Gasteiger partial charge on any atom is -0.303 e. The second-order valence-electron chi connectivity index (χ2n) is 4.10. The predicted molar refractivity (Wildman–Crippen MR) is 59.3 cm³/mol.